The fraction of sp³-hybridized carbons (Fsp3) is 0.474. The Morgan fingerprint density at radius 1 is 1.35 bits per heavy atom. The topological polar surface area (TPSA) is 118 Å². The number of nitrogens with one attached hydrogen (secondary N) is 2. The zero-order valence-corrected chi connectivity index (χ0v) is 15.0. The van der Waals surface area contributed by atoms with Crippen LogP contribution in [0.4, 0.5) is 5.69 Å². The predicted octanol–water partition coefficient (Wildman–Crippen LogP) is 2.34. The lowest BCUT2D eigenvalue weighted by atomic mass is 9.88. The summed E-state index contributed by atoms with van der Waals surface area (Å²) >= 11 is 0. The summed E-state index contributed by atoms with van der Waals surface area (Å²) in [5, 5.41) is 20.0. The van der Waals surface area contributed by atoms with Gasteiger partial charge in [-0.1, -0.05) is 12.1 Å². The molecule has 7 nitrogen and oxygen atoms in total. The van der Waals surface area contributed by atoms with Crippen LogP contribution in [-0.4, -0.2) is 35.4 Å². The van der Waals surface area contributed by atoms with E-state index in [2.05, 4.69) is 22.7 Å². The van der Waals surface area contributed by atoms with E-state index < -0.39 is 0 Å². The molecular weight excluding hydrogens is 328 g/mol. The van der Waals surface area contributed by atoms with Crippen LogP contribution in [0.2, 0.25) is 0 Å². The number of piperidine rings is 1. The van der Waals surface area contributed by atoms with Crippen molar-refractivity contribution in [1.82, 2.24) is 4.90 Å². The number of nitrogens with zero attached hydrogens (tertiary/aromatic N) is 3. The van der Waals surface area contributed by atoms with Crippen LogP contribution in [0.1, 0.15) is 42.7 Å². The molecule has 26 heavy (non-hydrogen) atoms. The Kier molecular flexibility index (Phi) is 5.21. The van der Waals surface area contributed by atoms with Crippen molar-refractivity contribution in [2.75, 3.05) is 18.5 Å². The molecule has 136 valence electrons. The highest BCUT2D eigenvalue weighted by atomic mass is 16.2. The van der Waals surface area contributed by atoms with Gasteiger partial charge in [0.2, 0.25) is 11.6 Å². The molecule has 1 saturated carbocycles. The van der Waals surface area contributed by atoms with E-state index in [4.69, 9.17) is 16.4 Å². The van der Waals surface area contributed by atoms with E-state index >= 15 is 0 Å². The quantitative estimate of drug-likeness (QED) is 0.428. The SMILES string of the molecule is Cc1cc(C2CCN(C(=O)C3CC3)CC2)ccc1N/N=C(\C#N)C(=N)N. The number of nitrogens with two attached hydrogens (primary N) is 1. The zero-order chi connectivity index (χ0) is 18.7. The van der Waals surface area contributed by atoms with Crippen LogP contribution in [-0.2, 0) is 4.79 Å². The van der Waals surface area contributed by atoms with Gasteiger partial charge in [-0.2, -0.15) is 10.4 Å². The molecule has 2 aliphatic rings. The number of anilines is 1. The minimum Gasteiger partial charge on any atom is -0.382 e. The van der Waals surface area contributed by atoms with Gasteiger partial charge in [0.15, 0.2) is 5.84 Å². The molecule has 0 unspecified atom stereocenters. The first-order chi connectivity index (χ1) is 12.5. The largest absolute Gasteiger partial charge is 0.382 e. The fourth-order valence-electron chi connectivity index (χ4n) is 3.35. The molecular formula is C19H24N6O. The van der Waals surface area contributed by atoms with Crippen molar-refractivity contribution >= 4 is 23.1 Å². The molecule has 1 aliphatic heterocycles. The number of amides is 1. The number of amidine groups is 1. The molecule has 1 amide bonds. The number of carbonyl (C=O) groups is 1. The minimum absolute atomic E-state index is 0.138. The summed E-state index contributed by atoms with van der Waals surface area (Å²) in [6.07, 6.45) is 4.11. The van der Waals surface area contributed by atoms with Gasteiger partial charge in [0.05, 0.1) is 5.69 Å². The average Bonchev–Trinajstić information content (AvgIpc) is 3.48. The minimum atomic E-state index is -0.359. The molecule has 1 saturated heterocycles. The van der Waals surface area contributed by atoms with E-state index in [0.717, 1.165) is 50.0 Å². The van der Waals surface area contributed by atoms with Crippen molar-refractivity contribution < 1.29 is 4.79 Å². The molecule has 7 heteroatoms. The second kappa shape index (κ2) is 7.56. The van der Waals surface area contributed by atoms with Crippen molar-refractivity contribution in [1.29, 1.82) is 10.7 Å². The summed E-state index contributed by atoms with van der Waals surface area (Å²) in [5.41, 5.74) is 11.0. The van der Waals surface area contributed by atoms with Crippen molar-refractivity contribution in [3.8, 4) is 6.07 Å². The van der Waals surface area contributed by atoms with Crippen LogP contribution in [0, 0.1) is 29.6 Å². The van der Waals surface area contributed by atoms with Gasteiger partial charge in [-0.15, -0.1) is 0 Å². The lowest BCUT2D eigenvalue weighted by Crippen LogP contribution is -2.38. The van der Waals surface area contributed by atoms with Crippen molar-refractivity contribution in [3.63, 3.8) is 0 Å². The highest BCUT2D eigenvalue weighted by molar-refractivity contribution is 6.45. The first-order valence-corrected chi connectivity index (χ1v) is 8.97. The highest BCUT2D eigenvalue weighted by Gasteiger charge is 2.35. The summed E-state index contributed by atoms with van der Waals surface area (Å²) in [7, 11) is 0. The van der Waals surface area contributed by atoms with E-state index in [1.54, 1.807) is 6.07 Å². The second-order valence-electron chi connectivity index (χ2n) is 7.05. The molecule has 2 fully saturated rings. The molecule has 0 bridgehead atoms. The predicted molar refractivity (Wildman–Crippen MR) is 101 cm³/mol. The number of aryl methyl sites for hydroxylation is 1. The van der Waals surface area contributed by atoms with Gasteiger partial charge in [-0.25, -0.2) is 0 Å². The first kappa shape index (κ1) is 17.9. The van der Waals surface area contributed by atoms with Crippen LogP contribution < -0.4 is 11.2 Å². The number of hydrazone groups is 1. The maximum absolute atomic E-state index is 12.2. The second-order valence-corrected chi connectivity index (χ2v) is 7.05. The summed E-state index contributed by atoms with van der Waals surface area (Å²) in [4.78, 5) is 14.2. The van der Waals surface area contributed by atoms with E-state index in [9.17, 15) is 4.79 Å². The Balaban J connectivity index is 1.62. The monoisotopic (exact) mass is 352 g/mol. The van der Waals surface area contributed by atoms with Gasteiger partial charge in [-0.05, 0) is 55.7 Å². The molecule has 1 aliphatic carbocycles. The van der Waals surface area contributed by atoms with Crippen LogP contribution >= 0.6 is 0 Å². The van der Waals surface area contributed by atoms with Crippen LogP contribution in [0.3, 0.4) is 0 Å². The van der Waals surface area contributed by atoms with Crippen LogP contribution in [0.25, 0.3) is 0 Å². The molecule has 0 radical (unpaired) electrons. The average molecular weight is 352 g/mol. The molecule has 4 N–H and O–H groups in total. The molecule has 1 aromatic carbocycles. The number of likely N-dealkylation sites (tertiary alicyclic amines) is 1. The van der Waals surface area contributed by atoms with E-state index in [0.29, 0.717) is 17.7 Å². The number of hydrogen-bond acceptors (Lipinski definition) is 5. The summed E-state index contributed by atoms with van der Waals surface area (Å²) < 4.78 is 0. The normalized spacial score (nSPS) is 18.3. The van der Waals surface area contributed by atoms with Gasteiger partial charge in [0.25, 0.3) is 0 Å². The third-order valence-corrected chi connectivity index (χ3v) is 5.10. The maximum atomic E-state index is 12.2. The number of hydrogen-bond donors (Lipinski definition) is 3. The number of carbonyl (C=O) groups excluding carboxylic acids is 1. The third-order valence-electron chi connectivity index (χ3n) is 5.10. The van der Waals surface area contributed by atoms with Crippen molar-refractivity contribution in [2.24, 2.45) is 16.8 Å². The Labute approximate surface area is 153 Å². The molecule has 0 atom stereocenters. The van der Waals surface area contributed by atoms with Crippen LogP contribution in [0.15, 0.2) is 23.3 Å². The summed E-state index contributed by atoms with van der Waals surface area (Å²) in [6, 6.07) is 7.91. The van der Waals surface area contributed by atoms with Gasteiger partial charge < -0.3 is 10.6 Å². The molecule has 3 rings (SSSR count). The van der Waals surface area contributed by atoms with Crippen LogP contribution in [0.5, 0.6) is 0 Å². The van der Waals surface area contributed by atoms with E-state index in [1.165, 1.54) is 5.56 Å². The third kappa shape index (κ3) is 4.02. The van der Waals surface area contributed by atoms with Crippen molar-refractivity contribution in [3.05, 3.63) is 29.3 Å². The standard InChI is InChI=1S/C19H24N6O/c1-12-10-15(4-5-16(12)23-24-17(11-20)18(21)22)13-6-8-25(9-7-13)19(26)14-2-3-14/h4-5,10,13-14,23H,2-3,6-9H2,1H3,(H3,21,22)/b24-17+. The number of rotatable bonds is 5. The summed E-state index contributed by atoms with van der Waals surface area (Å²) in [5.74, 6) is 0.743. The zero-order valence-electron chi connectivity index (χ0n) is 15.0. The molecule has 1 heterocycles. The number of nitriles is 1. The lowest BCUT2D eigenvalue weighted by Gasteiger charge is -2.32. The summed E-state index contributed by atoms with van der Waals surface area (Å²) in [6.45, 7) is 3.66. The first-order valence-electron chi connectivity index (χ1n) is 8.97. The molecule has 0 aromatic heterocycles. The number of benzene rings is 1. The molecule has 1 aromatic rings. The Morgan fingerprint density at radius 2 is 2.04 bits per heavy atom. The lowest BCUT2D eigenvalue weighted by molar-refractivity contribution is -0.133. The van der Waals surface area contributed by atoms with Gasteiger partial charge in [0.1, 0.15) is 6.07 Å². The van der Waals surface area contributed by atoms with E-state index in [1.807, 2.05) is 17.9 Å². The van der Waals surface area contributed by atoms with Gasteiger partial charge >= 0.3 is 0 Å². The Morgan fingerprint density at radius 3 is 2.58 bits per heavy atom. The highest BCUT2D eigenvalue weighted by Crippen LogP contribution is 2.35. The smallest absolute Gasteiger partial charge is 0.225 e. The fourth-order valence-corrected chi connectivity index (χ4v) is 3.35. The maximum Gasteiger partial charge on any atom is 0.225 e. The Bertz CT molecular complexity index is 782. The van der Waals surface area contributed by atoms with E-state index in [-0.39, 0.29) is 11.5 Å². The van der Waals surface area contributed by atoms with Gasteiger partial charge in [0, 0.05) is 19.0 Å². The Hall–Kier alpha value is -2.88. The van der Waals surface area contributed by atoms with Crippen molar-refractivity contribution in [2.45, 2.75) is 38.5 Å². The van der Waals surface area contributed by atoms with Gasteiger partial charge in [-0.3, -0.25) is 15.6 Å². The molecule has 0 spiro atoms.